The summed E-state index contributed by atoms with van der Waals surface area (Å²) >= 11 is 0. The molecule has 1 unspecified atom stereocenters. The highest BCUT2D eigenvalue weighted by molar-refractivity contribution is 5.97. The number of aliphatic hydroxyl groups is 1. The zero-order valence-corrected chi connectivity index (χ0v) is 10.5. The van der Waals surface area contributed by atoms with E-state index in [2.05, 4.69) is 4.90 Å². The molecule has 0 bridgehead atoms. The number of methoxy groups -OCH3 is 1. The number of nitrogens with two attached hydrogens (primary N) is 1. The Balaban J connectivity index is 2.14. The first-order chi connectivity index (χ1) is 8.60. The number of hydrogen-bond donors (Lipinski definition) is 3. The first-order valence-electron chi connectivity index (χ1n) is 6.02. The van der Waals surface area contributed by atoms with Crippen LogP contribution in [0.1, 0.15) is 17.5 Å². The molecule has 2 rings (SSSR count). The van der Waals surface area contributed by atoms with Gasteiger partial charge in [-0.15, -0.1) is 0 Å². The molecule has 1 aliphatic heterocycles. The summed E-state index contributed by atoms with van der Waals surface area (Å²) in [6.07, 6.45) is 0.617. The molecule has 0 amide bonds. The van der Waals surface area contributed by atoms with Crippen molar-refractivity contribution in [2.75, 3.05) is 20.2 Å². The van der Waals surface area contributed by atoms with E-state index in [1.54, 1.807) is 7.11 Å². The molecule has 1 atom stereocenters. The first kappa shape index (κ1) is 12.9. The summed E-state index contributed by atoms with van der Waals surface area (Å²) in [5.74, 6) is 0.628. The topological polar surface area (TPSA) is 82.6 Å². The van der Waals surface area contributed by atoms with Crippen LogP contribution in [0.5, 0.6) is 5.75 Å². The van der Waals surface area contributed by atoms with Crippen LogP contribution in [-0.2, 0) is 6.54 Å². The number of amidine groups is 1. The van der Waals surface area contributed by atoms with Crippen molar-refractivity contribution in [3.05, 3.63) is 29.3 Å². The Morgan fingerprint density at radius 1 is 1.61 bits per heavy atom. The highest BCUT2D eigenvalue weighted by Gasteiger charge is 2.20. The zero-order chi connectivity index (χ0) is 13.1. The van der Waals surface area contributed by atoms with E-state index in [9.17, 15) is 5.11 Å². The van der Waals surface area contributed by atoms with Crippen LogP contribution in [0.4, 0.5) is 0 Å². The maximum atomic E-state index is 9.49. The predicted octanol–water partition coefficient (Wildman–Crippen LogP) is 0.546. The second kappa shape index (κ2) is 5.37. The standard InChI is InChI=1S/C13H19N3O2/c1-18-12-3-2-9(6-11(12)13(14)15)7-16-5-4-10(17)8-16/h2-3,6,10,17H,4-5,7-8H2,1H3,(H3,14,15). The van der Waals surface area contributed by atoms with Crippen LogP contribution >= 0.6 is 0 Å². The van der Waals surface area contributed by atoms with Crippen LogP contribution in [-0.4, -0.2) is 42.1 Å². The molecule has 0 aliphatic carbocycles. The monoisotopic (exact) mass is 249 g/mol. The van der Waals surface area contributed by atoms with Gasteiger partial charge in [0.05, 0.1) is 18.8 Å². The summed E-state index contributed by atoms with van der Waals surface area (Å²) in [5.41, 5.74) is 7.24. The molecule has 0 radical (unpaired) electrons. The van der Waals surface area contributed by atoms with E-state index in [0.29, 0.717) is 17.9 Å². The molecule has 0 aromatic heterocycles. The number of likely N-dealkylation sites (tertiary alicyclic amines) is 1. The fourth-order valence-electron chi connectivity index (χ4n) is 2.28. The number of benzene rings is 1. The first-order valence-corrected chi connectivity index (χ1v) is 6.02. The van der Waals surface area contributed by atoms with Gasteiger partial charge >= 0.3 is 0 Å². The number of hydrogen-bond acceptors (Lipinski definition) is 4. The predicted molar refractivity (Wildman–Crippen MR) is 69.9 cm³/mol. The number of β-amino-alcohol motifs (C(OH)–C–C–N with tert-alkyl or cyclic N) is 1. The van der Waals surface area contributed by atoms with Gasteiger partial charge in [0.2, 0.25) is 0 Å². The van der Waals surface area contributed by atoms with Crippen LogP contribution in [0.2, 0.25) is 0 Å². The third-order valence-corrected chi connectivity index (χ3v) is 3.21. The lowest BCUT2D eigenvalue weighted by Crippen LogP contribution is -2.22. The Labute approximate surface area is 107 Å². The minimum absolute atomic E-state index is 0.00940. The third kappa shape index (κ3) is 2.80. The second-order valence-corrected chi connectivity index (χ2v) is 4.63. The number of aliphatic hydroxyl groups excluding tert-OH is 1. The van der Waals surface area contributed by atoms with Crippen LogP contribution in [0.15, 0.2) is 18.2 Å². The van der Waals surface area contributed by atoms with Gasteiger partial charge in [0.25, 0.3) is 0 Å². The Morgan fingerprint density at radius 3 is 2.94 bits per heavy atom. The van der Waals surface area contributed by atoms with Gasteiger partial charge < -0.3 is 15.6 Å². The summed E-state index contributed by atoms with van der Waals surface area (Å²) in [4.78, 5) is 2.19. The highest BCUT2D eigenvalue weighted by Crippen LogP contribution is 2.21. The van der Waals surface area contributed by atoms with Crippen molar-refractivity contribution < 1.29 is 9.84 Å². The average molecular weight is 249 g/mol. The van der Waals surface area contributed by atoms with Crippen molar-refractivity contribution >= 4 is 5.84 Å². The van der Waals surface area contributed by atoms with E-state index < -0.39 is 0 Å². The SMILES string of the molecule is COc1ccc(CN2CCC(O)C2)cc1C(=N)N. The Bertz CT molecular complexity index is 448. The molecule has 0 saturated carbocycles. The summed E-state index contributed by atoms with van der Waals surface area (Å²) in [6, 6.07) is 5.68. The molecule has 0 spiro atoms. The van der Waals surface area contributed by atoms with Gasteiger partial charge in [-0.05, 0) is 24.1 Å². The molecule has 1 aromatic rings. The smallest absolute Gasteiger partial charge is 0.129 e. The maximum absolute atomic E-state index is 9.49. The van der Waals surface area contributed by atoms with Crippen molar-refractivity contribution in [2.24, 2.45) is 5.73 Å². The van der Waals surface area contributed by atoms with Crippen molar-refractivity contribution in [3.8, 4) is 5.75 Å². The lowest BCUT2D eigenvalue weighted by molar-refractivity contribution is 0.175. The van der Waals surface area contributed by atoms with Crippen molar-refractivity contribution in [1.82, 2.24) is 4.90 Å². The van der Waals surface area contributed by atoms with E-state index in [0.717, 1.165) is 25.1 Å². The molecule has 1 aromatic carbocycles. The number of nitrogens with one attached hydrogen (secondary N) is 1. The zero-order valence-electron chi connectivity index (χ0n) is 10.5. The lowest BCUT2D eigenvalue weighted by atomic mass is 10.1. The molecule has 1 saturated heterocycles. The molecule has 1 heterocycles. The van der Waals surface area contributed by atoms with Gasteiger partial charge in [0.15, 0.2) is 0 Å². The second-order valence-electron chi connectivity index (χ2n) is 4.63. The Hall–Kier alpha value is -1.59. The minimum atomic E-state index is -0.212. The fourth-order valence-corrected chi connectivity index (χ4v) is 2.28. The molecule has 5 heteroatoms. The molecule has 4 N–H and O–H groups in total. The maximum Gasteiger partial charge on any atom is 0.129 e. The molecule has 98 valence electrons. The fraction of sp³-hybridized carbons (Fsp3) is 0.462. The van der Waals surface area contributed by atoms with E-state index in [-0.39, 0.29) is 11.9 Å². The average Bonchev–Trinajstić information content (AvgIpc) is 2.74. The third-order valence-electron chi connectivity index (χ3n) is 3.21. The van der Waals surface area contributed by atoms with E-state index >= 15 is 0 Å². The number of rotatable bonds is 4. The summed E-state index contributed by atoms with van der Waals surface area (Å²) in [7, 11) is 1.57. The van der Waals surface area contributed by atoms with Gasteiger partial charge in [-0.1, -0.05) is 6.07 Å². The number of nitrogens with zero attached hydrogens (tertiary/aromatic N) is 1. The van der Waals surface area contributed by atoms with Gasteiger partial charge in [-0.2, -0.15) is 0 Å². The van der Waals surface area contributed by atoms with Gasteiger partial charge in [-0.25, -0.2) is 0 Å². The quantitative estimate of drug-likeness (QED) is 0.537. The van der Waals surface area contributed by atoms with Crippen molar-refractivity contribution in [2.45, 2.75) is 19.1 Å². The minimum Gasteiger partial charge on any atom is -0.496 e. The van der Waals surface area contributed by atoms with Gasteiger partial charge in [-0.3, -0.25) is 10.3 Å². The van der Waals surface area contributed by atoms with Gasteiger partial charge in [0.1, 0.15) is 11.6 Å². The lowest BCUT2D eigenvalue weighted by Gasteiger charge is -2.16. The van der Waals surface area contributed by atoms with E-state index in [1.165, 1.54) is 0 Å². The number of nitrogen functional groups attached to an aromatic ring is 1. The van der Waals surface area contributed by atoms with E-state index in [4.69, 9.17) is 15.9 Å². The molecule has 5 nitrogen and oxygen atoms in total. The molecule has 18 heavy (non-hydrogen) atoms. The normalized spacial score (nSPS) is 20.0. The summed E-state index contributed by atoms with van der Waals surface area (Å²) in [6.45, 7) is 2.38. The molecular weight excluding hydrogens is 230 g/mol. The van der Waals surface area contributed by atoms with Crippen molar-refractivity contribution in [3.63, 3.8) is 0 Å². The van der Waals surface area contributed by atoms with Crippen molar-refractivity contribution in [1.29, 1.82) is 5.41 Å². The van der Waals surface area contributed by atoms with Crippen LogP contribution in [0, 0.1) is 5.41 Å². The summed E-state index contributed by atoms with van der Waals surface area (Å²) < 4.78 is 5.17. The Kier molecular flexibility index (Phi) is 3.84. The van der Waals surface area contributed by atoms with Crippen LogP contribution in [0.25, 0.3) is 0 Å². The van der Waals surface area contributed by atoms with E-state index in [1.807, 2.05) is 18.2 Å². The molecule has 1 fully saturated rings. The largest absolute Gasteiger partial charge is 0.496 e. The van der Waals surface area contributed by atoms with Crippen LogP contribution in [0.3, 0.4) is 0 Å². The summed E-state index contributed by atoms with van der Waals surface area (Å²) in [5, 5.41) is 17.0. The van der Waals surface area contributed by atoms with Gasteiger partial charge in [0, 0.05) is 19.6 Å². The number of ether oxygens (including phenoxy) is 1. The molecule has 1 aliphatic rings. The van der Waals surface area contributed by atoms with Crippen LogP contribution < -0.4 is 10.5 Å². The highest BCUT2D eigenvalue weighted by atomic mass is 16.5. The molecular formula is C13H19N3O2. The Morgan fingerprint density at radius 2 is 2.39 bits per heavy atom.